The number of hydrogen-bond donors (Lipinski definition) is 1. The molecule has 0 radical (unpaired) electrons. The zero-order valence-corrected chi connectivity index (χ0v) is 18.3. The van der Waals surface area contributed by atoms with Gasteiger partial charge in [-0.15, -0.1) is 0 Å². The standard InChI is InChI=1S/C23H18F3N3O2.C2H6/c24-23(25,26)17-5-1-4-16(13-17)21-28-20-7-6-18(14-19(20)22(30)29-21)31-12-2-3-15-8-10-27-11-9-15;1-2/h1,4-11,13-14H,2-3,12H2,(H,28,29,30);1-2H3. The second-order valence-electron chi connectivity index (χ2n) is 6.98. The Hall–Kier alpha value is -3.68. The molecule has 0 aliphatic heterocycles. The molecule has 0 aliphatic rings. The van der Waals surface area contributed by atoms with E-state index in [1.807, 2.05) is 26.0 Å². The minimum atomic E-state index is -4.48. The van der Waals surface area contributed by atoms with Crippen LogP contribution in [-0.4, -0.2) is 21.6 Å². The Bertz CT molecular complexity index is 1260. The summed E-state index contributed by atoms with van der Waals surface area (Å²) in [6, 6.07) is 13.5. The van der Waals surface area contributed by atoms with Crippen LogP contribution in [-0.2, 0) is 12.6 Å². The number of aromatic amines is 1. The molecule has 1 N–H and O–H groups in total. The normalized spacial score (nSPS) is 11.1. The number of aryl methyl sites for hydroxylation is 1. The van der Waals surface area contributed by atoms with E-state index in [-0.39, 0.29) is 11.4 Å². The SMILES string of the molecule is CC.O=c1[nH]c(-c2cccc(C(F)(F)F)c2)nc2ccc(OCCCc3ccncc3)cc12. The predicted molar refractivity (Wildman–Crippen MR) is 122 cm³/mol. The topological polar surface area (TPSA) is 67.9 Å². The van der Waals surface area contributed by atoms with E-state index in [0.717, 1.165) is 25.0 Å². The lowest BCUT2D eigenvalue weighted by molar-refractivity contribution is -0.137. The van der Waals surface area contributed by atoms with Crippen LogP contribution in [0, 0.1) is 0 Å². The van der Waals surface area contributed by atoms with Gasteiger partial charge in [0, 0.05) is 18.0 Å². The molecule has 0 unspecified atom stereocenters. The van der Waals surface area contributed by atoms with Crippen LogP contribution in [0.2, 0.25) is 0 Å². The summed E-state index contributed by atoms with van der Waals surface area (Å²) in [4.78, 5) is 23.4. The van der Waals surface area contributed by atoms with Crippen LogP contribution in [0.3, 0.4) is 0 Å². The van der Waals surface area contributed by atoms with Gasteiger partial charge in [0.2, 0.25) is 0 Å². The largest absolute Gasteiger partial charge is 0.494 e. The first kappa shape index (κ1) is 24.0. The molecule has 5 nitrogen and oxygen atoms in total. The van der Waals surface area contributed by atoms with E-state index in [0.29, 0.717) is 23.3 Å². The fourth-order valence-corrected chi connectivity index (χ4v) is 3.20. The van der Waals surface area contributed by atoms with Crippen LogP contribution in [0.1, 0.15) is 31.4 Å². The summed E-state index contributed by atoms with van der Waals surface area (Å²) >= 11 is 0. The van der Waals surface area contributed by atoms with E-state index in [2.05, 4.69) is 15.0 Å². The quantitative estimate of drug-likeness (QED) is 0.360. The maximum absolute atomic E-state index is 13.0. The van der Waals surface area contributed by atoms with Gasteiger partial charge in [-0.05, 0) is 60.9 Å². The highest BCUT2D eigenvalue weighted by Gasteiger charge is 2.30. The molecule has 2 aromatic heterocycles. The molecule has 4 aromatic rings. The molecule has 33 heavy (non-hydrogen) atoms. The van der Waals surface area contributed by atoms with Gasteiger partial charge in [0.05, 0.1) is 23.1 Å². The molecular weight excluding hydrogens is 431 g/mol. The Morgan fingerprint density at radius 3 is 2.48 bits per heavy atom. The second kappa shape index (κ2) is 10.8. The van der Waals surface area contributed by atoms with Crippen LogP contribution in [0.5, 0.6) is 5.75 Å². The highest BCUT2D eigenvalue weighted by Crippen LogP contribution is 2.31. The molecule has 2 heterocycles. The molecule has 0 aliphatic carbocycles. The minimum Gasteiger partial charge on any atom is -0.494 e. The van der Waals surface area contributed by atoms with Gasteiger partial charge in [0.1, 0.15) is 11.6 Å². The number of H-pyrrole nitrogens is 1. The van der Waals surface area contributed by atoms with Crippen molar-refractivity contribution in [2.45, 2.75) is 32.9 Å². The van der Waals surface area contributed by atoms with Crippen molar-refractivity contribution in [3.05, 3.63) is 88.5 Å². The third-order valence-electron chi connectivity index (χ3n) is 4.77. The summed E-state index contributed by atoms with van der Waals surface area (Å²) in [6.07, 6.45) is 0.652. The van der Waals surface area contributed by atoms with Gasteiger partial charge in [-0.25, -0.2) is 4.98 Å². The van der Waals surface area contributed by atoms with Gasteiger partial charge in [0.25, 0.3) is 5.56 Å². The molecule has 0 amide bonds. The van der Waals surface area contributed by atoms with Crippen molar-refractivity contribution in [1.82, 2.24) is 15.0 Å². The molecule has 4 rings (SSSR count). The molecule has 0 fully saturated rings. The summed E-state index contributed by atoms with van der Waals surface area (Å²) in [5, 5.41) is 0.308. The fourth-order valence-electron chi connectivity index (χ4n) is 3.20. The van der Waals surface area contributed by atoms with E-state index in [1.54, 1.807) is 30.6 Å². The molecule has 0 saturated heterocycles. The van der Waals surface area contributed by atoms with Crippen LogP contribution in [0.25, 0.3) is 22.3 Å². The Morgan fingerprint density at radius 2 is 1.76 bits per heavy atom. The average molecular weight is 455 g/mol. The minimum absolute atomic E-state index is 0.0784. The van der Waals surface area contributed by atoms with Crippen LogP contribution < -0.4 is 10.3 Å². The zero-order chi connectivity index (χ0) is 23.8. The highest BCUT2D eigenvalue weighted by atomic mass is 19.4. The van der Waals surface area contributed by atoms with Gasteiger partial charge in [0.15, 0.2) is 0 Å². The van der Waals surface area contributed by atoms with Crippen molar-refractivity contribution in [3.63, 3.8) is 0 Å². The van der Waals surface area contributed by atoms with Gasteiger partial charge in [-0.2, -0.15) is 13.2 Å². The summed E-state index contributed by atoms with van der Waals surface area (Å²) < 4.78 is 44.7. The van der Waals surface area contributed by atoms with Crippen molar-refractivity contribution in [1.29, 1.82) is 0 Å². The van der Waals surface area contributed by atoms with Gasteiger partial charge >= 0.3 is 6.18 Å². The third-order valence-corrected chi connectivity index (χ3v) is 4.77. The summed E-state index contributed by atoms with van der Waals surface area (Å²) in [5.41, 5.74) is 0.480. The Balaban J connectivity index is 0.00000149. The van der Waals surface area contributed by atoms with Crippen molar-refractivity contribution in [2.24, 2.45) is 0 Å². The van der Waals surface area contributed by atoms with Gasteiger partial charge in [-0.3, -0.25) is 9.78 Å². The molecule has 0 spiro atoms. The first-order valence-electron chi connectivity index (χ1n) is 10.6. The fraction of sp³-hybridized carbons (Fsp3) is 0.240. The van der Waals surface area contributed by atoms with E-state index in [4.69, 9.17) is 4.74 Å². The molecular formula is C25H24F3N3O2. The van der Waals surface area contributed by atoms with Crippen molar-refractivity contribution in [2.75, 3.05) is 6.61 Å². The summed E-state index contributed by atoms with van der Waals surface area (Å²) in [5.74, 6) is 0.607. The molecule has 0 saturated carbocycles. The van der Waals surface area contributed by atoms with Crippen molar-refractivity contribution in [3.8, 4) is 17.1 Å². The maximum Gasteiger partial charge on any atom is 0.416 e. The number of halogens is 3. The molecule has 172 valence electrons. The Kier molecular flexibility index (Phi) is 7.82. The number of aromatic nitrogens is 3. The Morgan fingerprint density at radius 1 is 1.00 bits per heavy atom. The second-order valence-corrected chi connectivity index (χ2v) is 6.98. The number of ether oxygens (including phenoxy) is 1. The number of nitrogens with one attached hydrogen (secondary N) is 1. The first-order valence-corrected chi connectivity index (χ1v) is 10.6. The first-order chi connectivity index (χ1) is 15.9. The number of rotatable bonds is 6. The summed E-state index contributed by atoms with van der Waals surface area (Å²) in [6.45, 7) is 4.47. The molecule has 0 atom stereocenters. The van der Waals surface area contributed by atoms with E-state index in [9.17, 15) is 18.0 Å². The highest BCUT2D eigenvalue weighted by molar-refractivity contribution is 5.81. The third kappa shape index (κ3) is 6.19. The monoisotopic (exact) mass is 455 g/mol. The summed E-state index contributed by atoms with van der Waals surface area (Å²) in [7, 11) is 0. The Labute approximate surface area is 189 Å². The van der Waals surface area contributed by atoms with Crippen LogP contribution in [0.15, 0.2) is 71.8 Å². The van der Waals surface area contributed by atoms with Crippen molar-refractivity contribution >= 4 is 10.9 Å². The average Bonchev–Trinajstić information content (AvgIpc) is 2.83. The number of alkyl halides is 3. The van der Waals surface area contributed by atoms with E-state index < -0.39 is 17.3 Å². The van der Waals surface area contributed by atoms with E-state index in [1.165, 1.54) is 17.7 Å². The number of pyridine rings is 1. The lowest BCUT2D eigenvalue weighted by atomic mass is 10.1. The maximum atomic E-state index is 13.0. The number of hydrogen-bond acceptors (Lipinski definition) is 4. The van der Waals surface area contributed by atoms with E-state index >= 15 is 0 Å². The van der Waals surface area contributed by atoms with Crippen LogP contribution in [0.4, 0.5) is 13.2 Å². The molecule has 8 heteroatoms. The lowest BCUT2D eigenvalue weighted by Gasteiger charge is -2.10. The number of fused-ring (bicyclic) bond motifs is 1. The number of nitrogens with zero attached hydrogens (tertiary/aromatic N) is 2. The van der Waals surface area contributed by atoms with Gasteiger partial charge in [-0.1, -0.05) is 26.0 Å². The lowest BCUT2D eigenvalue weighted by Crippen LogP contribution is -2.11. The van der Waals surface area contributed by atoms with Crippen LogP contribution >= 0.6 is 0 Å². The zero-order valence-electron chi connectivity index (χ0n) is 18.3. The predicted octanol–water partition coefficient (Wildman–Crippen LogP) is 6.04. The smallest absolute Gasteiger partial charge is 0.416 e. The molecule has 2 aromatic carbocycles. The van der Waals surface area contributed by atoms with Crippen molar-refractivity contribution < 1.29 is 17.9 Å². The number of benzene rings is 2. The molecule has 0 bridgehead atoms. The van der Waals surface area contributed by atoms with Gasteiger partial charge < -0.3 is 9.72 Å².